The number of carbonyl (C=O) groups is 2. The molecule has 1 aromatic heterocycles. The highest BCUT2D eigenvalue weighted by molar-refractivity contribution is 9.10. The number of amides is 2. The van der Waals surface area contributed by atoms with Crippen molar-refractivity contribution >= 4 is 27.7 Å². The predicted octanol–water partition coefficient (Wildman–Crippen LogP) is 1.78. The van der Waals surface area contributed by atoms with E-state index in [4.69, 9.17) is 4.42 Å². The fourth-order valence-electron chi connectivity index (χ4n) is 2.88. The molecule has 5 nitrogen and oxygen atoms in total. The fourth-order valence-corrected chi connectivity index (χ4v) is 3.19. The minimum Gasteiger partial charge on any atom is -0.444 e. The van der Waals surface area contributed by atoms with Crippen molar-refractivity contribution in [2.24, 2.45) is 5.92 Å². The van der Waals surface area contributed by atoms with E-state index in [0.29, 0.717) is 35.9 Å². The summed E-state index contributed by atoms with van der Waals surface area (Å²) < 4.78 is 5.87. The van der Waals surface area contributed by atoms with Gasteiger partial charge in [-0.05, 0) is 46.8 Å². The molecule has 6 heteroatoms. The summed E-state index contributed by atoms with van der Waals surface area (Å²) >= 11 is 3.20. The number of nitrogens with one attached hydrogen (secondary N) is 1. The molecule has 2 fully saturated rings. The summed E-state index contributed by atoms with van der Waals surface area (Å²) in [6.45, 7) is 1.36. The van der Waals surface area contributed by atoms with E-state index in [2.05, 4.69) is 21.2 Å². The zero-order valence-corrected chi connectivity index (χ0v) is 12.0. The maximum atomic E-state index is 12.3. The molecular formula is C13H15BrN2O3. The van der Waals surface area contributed by atoms with Gasteiger partial charge in [0, 0.05) is 25.6 Å². The number of furan rings is 1. The van der Waals surface area contributed by atoms with Crippen molar-refractivity contribution in [3.63, 3.8) is 0 Å². The topological polar surface area (TPSA) is 62.6 Å². The summed E-state index contributed by atoms with van der Waals surface area (Å²) in [6.07, 6.45) is 2.25. The van der Waals surface area contributed by atoms with Crippen molar-refractivity contribution in [1.29, 1.82) is 0 Å². The van der Waals surface area contributed by atoms with Crippen LogP contribution in [0.1, 0.15) is 29.8 Å². The molecule has 0 saturated carbocycles. The third-order valence-electron chi connectivity index (χ3n) is 3.89. The van der Waals surface area contributed by atoms with E-state index < -0.39 is 0 Å². The lowest BCUT2D eigenvalue weighted by Gasteiger charge is -2.41. The van der Waals surface area contributed by atoms with Crippen LogP contribution in [-0.4, -0.2) is 35.8 Å². The van der Waals surface area contributed by atoms with Gasteiger partial charge >= 0.3 is 0 Å². The molecule has 2 saturated heterocycles. The average Bonchev–Trinajstić information content (AvgIpc) is 2.84. The lowest BCUT2D eigenvalue weighted by atomic mass is 9.85. The number of fused-ring (bicyclic) bond motifs is 1. The van der Waals surface area contributed by atoms with Crippen LogP contribution in [0.4, 0.5) is 0 Å². The SMILES string of the molecule is O=C1CCC2CN(C(=O)c3ccc(Br)o3)CCC2N1. The molecule has 1 aromatic rings. The number of hydrogen-bond donors (Lipinski definition) is 1. The van der Waals surface area contributed by atoms with Crippen molar-refractivity contribution in [2.75, 3.05) is 13.1 Å². The van der Waals surface area contributed by atoms with Crippen LogP contribution in [0, 0.1) is 5.92 Å². The molecule has 2 amide bonds. The third kappa shape index (κ3) is 2.54. The first kappa shape index (κ1) is 12.7. The summed E-state index contributed by atoms with van der Waals surface area (Å²) in [4.78, 5) is 25.4. The van der Waals surface area contributed by atoms with Gasteiger partial charge in [0.05, 0.1) is 0 Å². The number of hydrogen-bond acceptors (Lipinski definition) is 3. The Balaban J connectivity index is 1.68. The highest BCUT2D eigenvalue weighted by atomic mass is 79.9. The van der Waals surface area contributed by atoms with Gasteiger partial charge in [0.15, 0.2) is 10.4 Å². The minimum atomic E-state index is -0.0685. The Hall–Kier alpha value is -1.30. The van der Waals surface area contributed by atoms with Crippen LogP contribution in [0.5, 0.6) is 0 Å². The van der Waals surface area contributed by atoms with Crippen LogP contribution in [0.15, 0.2) is 21.2 Å². The summed E-state index contributed by atoms with van der Waals surface area (Å²) in [6, 6.07) is 3.63. The largest absolute Gasteiger partial charge is 0.444 e. The monoisotopic (exact) mass is 326 g/mol. The Bertz CT molecular complexity index is 514. The van der Waals surface area contributed by atoms with E-state index in [1.54, 1.807) is 12.1 Å². The molecule has 0 spiro atoms. The Morgan fingerprint density at radius 3 is 3.00 bits per heavy atom. The highest BCUT2D eigenvalue weighted by Gasteiger charge is 2.36. The molecule has 3 rings (SSSR count). The van der Waals surface area contributed by atoms with E-state index in [1.165, 1.54) is 0 Å². The van der Waals surface area contributed by atoms with Crippen molar-refractivity contribution in [3.8, 4) is 0 Å². The highest BCUT2D eigenvalue weighted by Crippen LogP contribution is 2.26. The third-order valence-corrected chi connectivity index (χ3v) is 4.32. The van der Waals surface area contributed by atoms with Crippen molar-refractivity contribution in [3.05, 3.63) is 22.6 Å². The van der Waals surface area contributed by atoms with Gasteiger partial charge in [-0.3, -0.25) is 9.59 Å². The molecular weight excluding hydrogens is 312 g/mol. The Morgan fingerprint density at radius 1 is 1.42 bits per heavy atom. The molecule has 102 valence electrons. The van der Waals surface area contributed by atoms with Crippen LogP contribution in [-0.2, 0) is 4.79 Å². The van der Waals surface area contributed by atoms with Gasteiger partial charge in [0.1, 0.15) is 0 Å². The standard InChI is InChI=1S/C13H15BrN2O3/c14-11-3-2-10(19-11)13(18)16-6-5-9-8(7-16)1-4-12(17)15-9/h2-3,8-9H,1,4-7H2,(H,15,17). The molecule has 0 aliphatic carbocycles. The van der Waals surface area contributed by atoms with Crippen LogP contribution in [0.3, 0.4) is 0 Å². The molecule has 0 aromatic carbocycles. The number of piperidine rings is 2. The Labute approximate surface area is 119 Å². The average molecular weight is 327 g/mol. The van der Waals surface area contributed by atoms with Gasteiger partial charge < -0.3 is 14.6 Å². The molecule has 0 bridgehead atoms. The number of carbonyl (C=O) groups excluding carboxylic acids is 2. The normalized spacial score (nSPS) is 26.8. The number of nitrogens with zero attached hydrogens (tertiary/aromatic N) is 1. The van der Waals surface area contributed by atoms with Gasteiger partial charge in [-0.1, -0.05) is 0 Å². The summed E-state index contributed by atoms with van der Waals surface area (Å²) in [7, 11) is 0. The first-order valence-corrected chi connectivity index (χ1v) is 7.27. The second kappa shape index (κ2) is 5.00. The first-order valence-electron chi connectivity index (χ1n) is 6.47. The van der Waals surface area contributed by atoms with E-state index in [1.807, 2.05) is 4.90 Å². The molecule has 2 aliphatic heterocycles. The van der Waals surface area contributed by atoms with E-state index in [0.717, 1.165) is 12.8 Å². The second-order valence-electron chi connectivity index (χ2n) is 5.12. The van der Waals surface area contributed by atoms with Gasteiger partial charge in [0.2, 0.25) is 5.91 Å². The fraction of sp³-hybridized carbons (Fsp3) is 0.538. The van der Waals surface area contributed by atoms with Gasteiger partial charge in [-0.15, -0.1) is 0 Å². The lowest BCUT2D eigenvalue weighted by molar-refractivity contribution is -0.125. The number of likely N-dealkylation sites (tertiary alicyclic amines) is 1. The maximum Gasteiger partial charge on any atom is 0.289 e. The Kier molecular flexibility index (Phi) is 3.35. The van der Waals surface area contributed by atoms with Gasteiger partial charge in [-0.2, -0.15) is 0 Å². The zero-order valence-electron chi connectivity index (χ0n) is 10.4. The summed E-state index contributed by atoms with van der Waals surface area (Å²) in [5, 5.41) is 3.01. The van der Waals surface area contributed by atoms with Crippen molar-refractivity contribution in [2.45, 2.75) is 25.3 Å². The Morgan fingerprint density at radius 2 is 2.26 bits per heavy atom. The molecule has 0 radical (unpaired) electrons. The zero-order chi connectivity index (χ0) is 13.4. The maximum absolute atomic E-state index is 12.3. The summed E-state index contributed by atoms with van der Waals surface area (Å²) in [5.74, 6) is 0.802. The van der Waals surface area contributed by atoms with Crippen LogP contribution >= 0.6 is 15.9 Å². The molecule has 3 heterocycles. The quantitative estimate of drug-likeness (QED) is 0.855. The minimum absolute atomic E-state index is 0.0685. The smallest absolute Gasteiger partial charge is 0.289 e. The van der Waals surface area contributed by atoms with Crippen molar-refractivity contribution in [1.82, 2.24) is 10.2 Å². The molecule has 2 atom stereocenters. The molecule has 19 heavy (non-hydrogen) atoms. The summed E-state index contributed by atoms with van der Waals surface area (Å²) in [5.41, 5.74) is 0. The van der Waals surface area contributed by atoms with E-state index in [9.17, 15) is 9.59 Å². The lowest BCUT2D eigenvalue weighted by Crippen LogP contribution is -2.55. The number of rotatable bonds is 1. The van der Waals surface area contributed by atoms with E-state index in [-0.39, 0.29) is 17.9 Å². The van der Waals surface area contributed by atoms with Crippen LogP contribution in [0.2, 0.25) is 0 Å². The molecule has 1 N–H and O–H groups in total. The second-order valence-corrected chi connectivity index (χ2v) is 5.90. The first-order chi connectivity index (χ1) is 9.13. The van der Waals surface area contributed by atoms with Crippen LogP contribution in [0.25, 0.3) is 0 Å². The van der Waals surface area contributed by atoms with Crippen molar-refractivity contribution < 1.29 is 14.0 Å². The predicted molar refractivity (Wildman–Crippen MR) is 71.6 cm³/mol. The number of halogens is 1. The van der Waals surface area contributed by atoms with Crippen LogP contribution < -0.4 is 5.32 Å². The molecule has 2 aliphatic rings. The molecule has 2 unspecified atom stereocenters. The van der Waals surface area contributed by atoms with E-state index >= 15 is 0 Å². The van der Waals surface area contributed by atoms with Gasteiger partial charge in [0.25, 0.3) is 5.91 Å². The van der Waals surface area contributed by atoms with Gasteiger partial charge in [-0.25, -0.2) is 0 Å².